The molecule has 1 N–H and O–H groups in total. The summed E-state index contributed by atoms with van der Waals surface area (Å²) in [5.74, 6) is 0.801. The van der Waals surface area contributed by atoms with Crippen LogP contribution in [0.1, 0.15) is 33.9 Å². The smallest absolute Gasteiger partial charge is 0.133 e. The zero-order valence-electron chi connectivity index (χ0n) is 12.9. The highest BCUT2D eigenvalue weighted by molar-refractivity contribution is 9.10. The molecule has 0 spiro atoms. The Hall–Kier alpha value is -1.32. The van der Waals surface area contributed by atoms with Crippen LogP contribution < -0.4 is 4.74 Å². The average Bonchev–Trinajstić information content (AvgIpc) is 2.43. The van der Waals surface area contributed by atoms with Gasteiger partial charge in [-0.3, -0.25) is 0 Å². The molecule has 0 heterocycles. The molecule has 0 aliphatic carbocycles. The van der Waals surface area contributed by atoms with Crippen molar-refractivity contribution in [3.63, 3.8) is 0 Å². The Morgan fingerprint density at radius 3 is 2.33 bits per heavy atom. The van der Waals surface area contributed by atoms with Crippen molar-refractivity contribution < 1.29 is 9.84 Å². The third-order valence-electron chi connectivity index (χ3n) is 3.89. The van der Waals surface area contributed by atoms with Gasteiger partial charge in [0.25, 0.3) is 0 Å². The number of hydrogen-bond acceptors (Lipinski definition) is 2. The average molecular weight is 349 g/mol. The summed E-state index contributed by atoms with van der Waals surface area (Å²) < 4.78 is 6.14. The molecule has 2 rings (SSSR count). The summed E-state index contributed by atoms with van der Waals surface area (Å²) in [7, 11) is 1.65. The Morgan fingerprint density at radius 1 is 1.05 bits per heavy atom. The maximum atomic E-state index is 10.5. The fourth-order valence-electron chi connectivity index (χ4n) is 2.51. The predicted molar refractivity (Wildman–Crippen MR) is 90.0 cm³/mol. The van der Waals surface area contributed by atoms with Crippen LogP contribution in [0.15, 0.2) is 34.8 Å². The van der Waals surface area contributed by atoms with Crippen molar-refractivity contribution in [3.8, 4) is 5.75 Å². The number of aliphatic hydroxyl groups is 1. The molecule has 21 heavy (non-hydrogen) atoms. The number of rotatable bonds is 4. The molecule has 2 aromatic carbocycles. The van der Waals surface area contributed by atoms with Crippen LogP contribution in [0, 0.1) is 20.8 Å². The number of methoxy groups -OCH3 is 1. The first-order chi connectivity index (χ1) is 9.92. The number of benzene rings is 2. The molecular weight excluding hydrogens is 328 g/mol. The van der Waals surface area contributed by atoms with Crippen molar-refractivity contribution in [2.45, 2.75) is 33.3 Å². The molecule has 2 aromatic rings. The van der Waals surface area contributed by atoms with Crippen LogP contribution in [0.25, 0.3) is 0 Å². The van der Waals surface area contributed by atoms with E-state index in [9.17, 15) is 5.11 Å². The van der Waals surface area contributed by atoms with Crippen molar-refractivity contribution in [1.29, 1.82) is 0 Å². The first-order valence-corrected chi connectivity index (χ1v) is 7.80. The highest BCUT2D eigenvalue weighted by Crippen LogP contribution is 2.29. The van der Waals surface area contributed by atoms with Crippen molar-refractivity contribution in [3.05, 3.63) is 62.6 Å². The van der Waals surface area contributed by atoms with E-state index in [0.717, 1.165) is 26.9 Å². The lowest BCUT2D eigenvalue weighted by Crippen LogP contribution is -2.05. The summed E-state index contributed by atoms with van der Waals surface area (Å²) in [6, 6.07) is 10.1. The Labute approximate surface area is 134 Å². The lowest BCUT2D eigenvalue weighted by molar-refractivity contribution is 0.177. The van der Waals surface area contributed by atoms with Crippen LogP contribution in [0.3, 0.4) is 0 Å². The molecule has 0 radical (unpaired) electrons. The second kappa shape index (κ2) is 6.63. The number of aliphatic hydroxyl groups excluding tert-OH is 1. The molecule has 0 aliphatic rings. The second-order valence-corrected chi connectivity index (χ2v) is 6.34. The Bertz CT molecular complexity index is 650. The molecule has 112 valence electrons. The van der Waals surface area contributed by atoms with E-state index in [1.54, 1.807) is 7.11 Å². The standard InChI is InChI=1S/C18H21BrO2/c1-11-7-13(3)15(8-12(11)2)17(20)10-14-5-6-18(21-4)16(19)9-14/h5-9,17,20H,10H2,1-4H3. The van der Waals surface area contributed by atoms with Gasteiger partial charge in [-0.05, 0) is 76.7 Å². The molecule has 3 heteroatoms. The molecule has 2 nitrogen and oxygen atoms in total. The summed E-state index contributed by atoms with van der Waals surface area (Å²) in [6.45, 7) is 6.23. The van der Waals surface area contributed by atoms with E-state index in [0.29, 0.717) is 6.42 Å². The van der Waals surface area contributed by atoms with Gasteiger partial charge in [-0.25, -0.2) is 0 Å². The van der Waals surface area contributed by atoms with Crippen LogP contribution in [-0.4, -0.2) is 12.2 Å². The molecule has 0 aliphatic heterocycles. The molecule has 0 aromatic heterocycles. The molecule has 0 amide bonds. The van der Waals surface area contributed by atoms with Gasteiger partial charge >= 0.3 is 0 Å². The molecule has 0 bridgehead atoms. The number of aryl methyl sites for hydroxylation is 3. The number of ether oxygens (including phenoxy) is 1. The second-order valence-electron chi connectivity index (χ2n) is 5.48. The summed E-state index contributed by atoms with van der Waals surface area (Å²) in [6.07, 6.45) is 0.0935. The highest BCUT2D eigenvalue weighted by Gasteiger charge is 2.13. The van der Waals surface area contributed by atoms with E-state index < -0.39 is 6.10 Å². The van der Waals surface area contributed by atoms with Crippen LogP contribution in [0.4, 0.5) is 0 Å². The van der Waals surface area contributed by atoms with Gasteiger partial charge < -0.3 is 9.84 Å². The number of hydrogen-bond donors (Lipinski definition) is 1. The fraction of sp³-hybridized carbons (Fsp3) is 0.333. The third kappa shape index (κ3) is 3.66. The molecular formula is C18H21BrO2. The zero-order valence-corrected chi connectivity index (χ0v) is 14.5. The first kappa shape index (κ1) is 16.1. The van der Waals surface area contributed by atoms with Crippen LogP contribution in [0.5, 0.6) is 5.75 Å². The van der Waals surface area contributed by atoms with E-state index in [2.05, 4.69) is 48.8 Å². The SMILES string of the molecule is COc1ccc(CC(O)c2cc(C)c(C)cc2C)cc1Br. The Morgan fingerprint density at radius 2 is 1.71 bits per heavy atom. The zero-order chi connectivity index (χ0) is 15.6. The summed E-state index contributed by atoms with van der Waals surface area (Å²) >= 11 is 3.48. The lowest BCUT2D eigenvalue weighted by Gasteiger charge is -2.16. The third-order valence-corrected chi connectivity index (χ3v) is 4.51. The Balaban J connectivity index is 2.23. The predicted octanol–water partition coefficient (Wildman–Crippen LogP) is 4.66. The van der Waals surface area contributed by atoms with Gasteiger partial charge in [0.2, 0.25) is 0 Å². The lowest BCUT2D eigenvalue weighted by atomic mass is 9.94. The van der Waals surface area contributed by atoms with Gasteiger partial charge in [0, 0.05) is 6.42 Å². The molecule has 0 saturated heterocycles. The maximum absolute atomic E-state index is 10.5. The van der Waals surface area contributed by atoms with E-state index in [1.807, 2.05) is 18.2 Å². The molecule has 1 atom stereocenters. The van der Waals surface area contributed by atoms with Crippen molar-refractivity contribution in [2.75, 3.05) is 7.11 Å². The fourth-order valence-corrected chi connectivity index (χ4v) is 3.10. The van der Waals surface area contributed by atoms with E-state index in [1.165, 1.54) is 11.1 Å². The van der Waals surface area contributed by atoms with Gasteiger partial charge in [-0.15, -0.1) is 0 Å². The van der Waals surface area contributed by atoms with Crippen molar-refractivity contribution in [2.24, 2.45) is 0 Å². The maximum Gasteiger partial charge on any atom is 0.133 e. The Kier molecular flexibility index (Phi) is 5.07. The van der Waals surface area contributed by atoms with Gasteiger partial charge in [-0.2, -0.15) is 0 Å². The van der Waals surface area contributed by atoms with Gasteiger partial charge in [0.1, 0.15) is 5.75 Å². The molecule has 1 unspecified atom stereocenters. The monoisotopic (exact) mass is 348 g/mol. The summed E-state index contributed by atoms with van der Waals surface area (Å²) in [5.41, 5.74) is 5.69. The van der Waals surface area contributed by atoms with Crippen molar-refractivity contribution >= 4 is 15.9 Å². The van der Waals surface area contributed by atoms with E-state index in [4.69, 9.17) is 4.74 Å². The van der Waals surface area contributed by atoms with Gasteiger partial charge in [-0.1, -0.05) is 18.2 Å². The van der Waals surface area contributed by atoms with Gasteiger partial charge in [0.05, 0.1) is 17.7 Å². The first-order valence-electron chi connectivity index (χ1n) is 7.00. The van der Waals surface area contributed by atoms with Crippen LogP contribution in [0.2, 0.25) is 0 Å². The normalized spacial score (nSPS) is 12.3. The van der Waals surface area contributed by atoms with E-state index >= 15 is 0 Å². The van der Waals surface area contributed by atoms with Gasteiger partial charge in [0.15, 0.2) is 0 Å². The van der Waals surface area contributed by atoms with Crippen molar-refractivity contribution in [1.82, 2.24) is 0 Å². The summed E-state index contributed by atoms with van der Waals surface area (Å²) in [4.78, 5) is 0. The quantitative estimate of drug-likeness (QED) is 0.870. The topological polar surface area (TPSA) is 29.5 Å². The molecule has 0 fully saturated rings. The molecule has 0 saturated carbocycles. The summed E-state index contributed by atoms with van der Waals surface area (Å²) in [5, 5.41) is 10.5. The minimum atomic E-state index is -0.496. The largest absolute Gasteiger partial charge is 0.496 e. The number of halogens is 1. The van der Waals surface area contributed by atoms with Crippen LogP contribution in [-0.2, 0) is 6.42 Å². The van der Waals surface area contributed by atoms with E-state index in [-0.39, 0.29) is 0 Å². The minimum Gasteiger partial charge on any atom is -0.496 e. The minimum absolute atomic E-state index is 0.496. The highest BCUT2D eigenvalue weighted by atomic mass is 79.9. The van der Waals surface area contributed by atoms with Crippen LogP contribution >= 0.6 is 15.9 Å².